The number of non-ortho nitro benzene ring substituents is 1. The minimum Gasteiger partial charge on any atom is -0.508 e. The number of aromatic hydroxyl groups is 1. The first-order valence-electron chi connectivity index (χ1n) is 10.6. The second-order valence-corrected chi connectivity index (χ2v) is 7.57. The first-order chi connectivity index (χ1) is 16.6. The Balaban J connectivity index is 1.53. The van der Waals surface area contributed by atoms with Crippen molar-refractivity contribution in [1.29, 1.82) is 0 Å². The van der Waals surface area contributed by atoms with Gasteiger partial charge in [0.15, 0.2) is 0 Å². The van der Waals surface area contributed by atoms with Crippen LogP contribution in [0.25, 0.3) is 0 Å². The number of nitro groups is 1. The van der Waals surface area contributed by atoms with Crippen LogP contribution in [0.3, 0.4) is 0 Å². The molecule has 0 spiro atoms. The van der Waals surface area contributed by atoms with Crippen LogP contribution in [0.4, 0.5) is 17.1 Å². The van der Waals surface area contributed by atoms with Gasteiger partial charge in [0.05, 0.1) is 27.7 Å². The lowest BCUT2D eigenvalue weighted by atomic mass is 10.1. The minimum absolute atomic E-state index is 0.00762. The molecule has 9 nitrogen and oxygen atoms in total. The third-order valence-corrected chi connectivity index (χ3v) is 5.02. The van der Waals surface area contributed by atoms with E-state index >= 15 is 0 Å². The van der Waals surface area contributed by atoms with E-state index in [-0.39, 0.29) is 11.4 Å². The van der Waals surface area contributed by atoms with E-state index in [1.807, 2.05) is 36.4 Å². The zero-order chi connectivity index (χ0) is 23.8. The van der Waals surface area contributed by atoms with Crippen molar-refractivity contribution in [3.05, 3.63) is 118 Å². The molecular weight excluding hydrogens is 432 g/mol. The van der Waals surface area contributed by atoms with Crippen LogP contribution in [0.15, 0.2) is 101 Å². The summed E-state index contributed by atoms with van der Waals surface area (Å²) in [5.41, 5.74) is 3.55. The second-order valence-electron chi connectivity index (χ2n) is 7.57. The molecule has 0 saturated heterocycles. The van der Waals surface area contributed by atoms with Crippen molar-refractivity contribution in [2.45, 2.75) is 19.6 Å². The molecular formula is C25H22N6O3. The summed E-state index contributed by atoms with van der Waals surface area (Å²) < 4.78 is 0. The van der Waals surface area contributed by atoms with E-state index in [1.165, 1.54) is 24.3 Å². The lowest BCUT2D eigenvalue weighted by molar-refractivity contribution is -0.384. The maximum absolute atomic E-state index is 10.8. The molecule has 4 aromatic rings. The highest BCUT2D eigenvalue weighted by atomic mass is 16.6. The zero-order valence-electron chi connectivity index (χ0n) is 18.2. The number of azo groups is 1. The number of phenolic OH excluding ortho intramolecular Hbond substituents is 1. The Morgan fingerprint density at radius 3 is 1.94 bits per heavy atom. The third kappa shape index (κ3) is 6.27. The Morgan fingerprint density at radius 2 is 1.38 bits per heavy atom. The van der Waals surface area contributed by atoms with E-state index in [9.17, 15) is 15.2 Å². The number of hydrogen-bond acceptors (Lipinski definition) is 8. The number of rotatable bonds is 9. The predicted molar refractivity (Wildman–Crippen MR) is 127 cm³/mol. The third-order valence-electron chi connectivity index (χ3n) is 5.02. The molecule has 0 aliphatic carbocycles. The number of nitrogens with zero attached hydrogens (tertiary/aromatic N) is 6. The molecule has 0 radical (unpaired) electrons. The average Bonchev–Trinajstić information content (AvgIpc) is 2.86. The zero-order valence-corrected chi connectivity index (χ0v) is 18.2. The van der Waals surface area contributed by atoms with E-state index < -0.39 is 4.92 Å². The molecule has 2 heterocycles. The Hall–Kier alpha value is -4.50. The molecule has 2 aromatic carbocycles. The molecule has 0 fully saturated rings. The fraction of sp³-hybridized carbons (Fsp3) is 0.120. The normalized spacial score (nSPS) is 11.2. The molecule has 4 rings (SSSR count). The van der Waals surface area contributed by atoms with Crippen molar-refractivity contribution in [2.75, 3.05) is 0 Å². The molecule has 0 amide bonds. The van der Waals surface area contributed by atoms with E-state index in [2.05, 4.69) is 25.1 Å². The van der Waals surface area contributed by atoms with E-state index in [1.54, 1.807) is 30.6 Å². The molecule has 0 aliphatic rings. The van der Waals surface area contributed by atoms with Crippen LogP contribution in [0, 0.1) is 10.1 Å². The van der Waals surface area contributed by atoms with Gasteiger partial charge in [0.1, 0.15) is 5.75 Å². The first-order valence-corrected chi connectivity index (χ1v) is 10.6. The summed E-state index contributed by atoms with van der Waals surface area (Å²) in [6.45, 7) is 1.59. The van der Waals surface area contributed by atoms with E-state index in [0.717, 1.165) is 11.4 Å². The molecule has 2 aromatic heterocycles. The van der Waals surface area contributed by atoms with Crippen LogP contribution in [-0.4, -0.2) is 24.9 Å². The topological polar surface area (TPSA) is 117 Å². The lowest BCUT2D eigenvalue weighted by Crippen LogP contribution is -2.23. The monoisotopic (exact) mass is 454 g/mol. The maximum Gasteiger partial charge on any atom is 0.269 e. The van der Waals surface area contributed by atoms with Gasteiger partial charge in [0.25, 0.3) is 5.69 Å². The standard InChI is InChI=1S/C25H22N6O3/c32-25-12-9-21(29-28-20-7-10-24(11-8-20)31(33)34)15-19(25)16-30(17-22-5-1-3-13-26-22)18-23-6-2-4-14-27-23/h1-15,32H,16-18H2. The SMILES string of the molecule is O=[N+]([O-])c1ccc(N=Nc2ccc(O)c(CN(Cc3ccccn3)Cc3ccccn3)c2)cc1. The molecule has 0 aliphatic heterocycles. The van der Waals surface area contributed by atoms with Gasteiger partial charge in [-0.1, -0.05) is 12.1 Å². The van der Waals surface area contributed by atoms with Crippen molar-refractivity contribution < 1.29 is 10.0 Å². The van der Waals surface area contributed by atoms with Gasteiger partial charge in [-0.25, -0.2) is 0 Å². The first kappa shape index (κ1) is 22.7. The number of pyridine rings is 2. The Labute approximate surface area is 196 Å². The Morgan fingerprint density at radius 1 is 0.794 bits per heavy atom. The molecule has 0 saturated carbocycles. The highest BCUT2D eigenvalue weighted by molar-refractivity contribution is 5.48. The number of benzene rings is 2. The number of aromatic nitrogens is 2. The summed E-state index contributed by atoms with van der Waals surface area (Å²) in [6.07, 6.45) is 3.51. The van der Waals surface area contributed by atoms with Gasteiger partial charge in [0, 0.05) is 49.7 Å². The van der Waals surface area contributed by atoms with Crippen molar-refractivity contribution in [2.24, 2.45) is 10.2 Å². The summed E-state index contributed by atoms with van der Waals surface area (Å²) in [5.74, 6) is 0.154. The molecule has 0 atom stereocenters. The highest BCUT2D eigenvalue weighted by Crippen LogP contribution is 2.27. The lowest BCUT2D eigenvalue weighted by Gasteiger charge is -2.22. The second kappa shape index (κ2) is 10.9. The van der Waals surface area contributed by atoms with Gasteiger partial charge < -0.3 is 5.11 Å². The van der Waals surface area contributed by atoms with Gasteiger partial charge in [0.2, 0.25) is 0 Å². The van der Waals surface area contributed by atoms with Gasteiger partial charge >= 0.3 is 0 Å². The summed E-state index contributed by atoms with van der Waals surface area (Å²) in [7, 11) is 0. The van der Waals surface area contributed by atoms with Crippen LogP contribution in [0.2, 0.25) is 0 Å². The number of phenols is 1. The minimum atomic E-state index is -0.463. The quantitative estimate of drug-likeness (QED) is 0.197. The van der Waals surface area contributed by atoms with Gasteiger partial charge in [-0.05, 0) is 54.6 Å². The molecule has 34 heavy (non-hydrogen) atoms. The smallest absolute Gasteiger partial charge is 0.269 e. The molecule has 0 unspecified atom stereocenters. The Bertz CT molecular complexity index is 1220. The van der Waals surface area contributed by atoms with Crippen molar-refractivity contribution >= 4 is 17.1 Å². The molecule has 170 valence electrons. The van der Waals surface area contributed by atoms with Crippen molar-refractivity contribution in [3.8, 4) is 5.75 Å². The highest BCUT2D eigenvalue weighted by Gasteiger charge is 2.13. The van der Waals surface area contributed by atoms with Gasteiger partial charge in [-0.15, -0.1) is 0 Å². The summed E-state index contributed by atoms with van der Waals surface area (Å²) in [6, 6.07) is 22.4. The van der Waals surface area contributed by atoms with Crippen LogP contribution in [0.1, 0.15) is 17.0 Å². The van der Waals surface area contributed by atoms with Crippen LogP contribution in [0.5, 0.6) is 5.75 Å². The van der Waals surface area contributed by atoms with Crippen LogP contribution in [-0.2, 0) is 19.6 Å². The fourth-order valence-electron chi connectivity index (χ4n) is 3.37. The summed E-state index contributed by atoms with van der Waals surface area (Å²) in [5, 5.41) is 29.7. The maximum atomic E-state index is 10.8. The molecule has 0 bridgehead atoms. The summed E-state index contributed by atoms with van der Waals surface area (Å²) in [4.78, 5) is 21.3. The van der Waals surface area contributed by atoms with Crippen molar-refractivity contribution in [1.82, 2.24) is 14.9 Å². The summed E-state index contributed by atoms with van der Waals surface area (Å²) >= 11 is 0. The Kier molecular flexibility index (Phi) is 7.26. The largest absolute Gasteiger partial charge is 0.508 e. The predicted octanol–water partition coefficient (Wildman–Crippen LogP) is 5.71. The van der Waals surface area contributed by atoms with Gasteiger partial charge in [-0.2, -0.15) is 10.2 Å². The fourth-order valence-corrected chi connectivity index (χ4v) is 3.37. The van der Waals surface area contributed by atoms with Crippen LogP contribution < -0.4 is 0 Å². The van der Waals surface area contributed by atoms with Gasteiger partial charge in [-0.3, -0.25) is 25.0 Å². The van der Waals surface area contributed by atoms with E-state index in [0.29, 0.717) is 36.6 Å². The molecule has 9 heteroatoms. The average molecular weight is 454 g/mol. The van der Waals surface area contributed by atoms with Crippen molar-refractivity contribution in [3.63, 3.8) is 0 Å². The van der Waals surface area contributed by atoms with Crippen LogP contribution >= 0.6 is 0 Å². The number of hydrogen-bond donors (Lipinski definition) is 1. The van der Waals surface area contributed by atoms with E-state index in [4.69, 9.17) is 0 Å². The molecule has 1 N–H and O–H groups in total. The number of nitro benzene ring substituents is 1.